The minimum Gasteiger partial charge on any atom is -0.392 e. The summed E-state index contributed by atoms with van der Waals surface area (Å²) in [4.78, 5) is 12.6. The van der Waals surface area contributed by atoms with Gasteiger partial charge in [-0.25, -0.2) is 0 Å². The van der Waals surface area contributed by atoms with Crippen molar-refractivity contribution >= 4 is 5.78 Å². The number of benzene rings is 6. The minimum atomic E-state index is -0.294. The largest absolute Gasteiger partial charge is 0.392 e. The number of carbonyl (C=O) groups is 1. The van der Waals surface area contributed by atoms with Crippen LogP contribution in [0.2, 0.25) is 0 Å². The van der Waals surface area contributed by atoms with Gasteiger partial charge >= 0.3 is 0 Å². The van der Waals surface area contributed by atoms with Gasteiger partial charge in [-0.15, -0.1) is 0 Å². The minimum absolute atomic E-state index is 0.0950. The Morgan fingerprint density at radius 2 is 0.600 bits per heavy atom. The van der Waals surface area contributed by atoms with Crippen LogP contribution in [0.5, 0.6) is 0 Å². The van der Waals surface area contributed by atoms with Crippen molar-refractivity contribution in [1.29, 1.82) is 0 Å². The molecular formula is C57H70O3. The van der Waals surface area contributed by atoms with Gasteiger partial charge in [-0.05, 0) is 95.1 Å². The highest BCUT2D eigenvalue weighted by Crippen LogP contribution is 2.25. The average Bonchev–Trinajstić information content (AvgIpc) is 3.26. The van der Waals surface area contributed by atoms with Gasteiger partial charge in [0.2, 0.25) is 0 Å². The highest BCUT2D eigenvalue weighted by Gasteiger charge is 2.25. The Balaban J connectivity index is 0.000000198. The molecule has 6 aromatic rings. The van der Waals surface area contributed by atoms with E-state index in [1.165, 1.54) is 27.8 Å². The lowest BCUT2D eigenvalue weighted by Gasteiger charge is -2.26. The lowest BCUT2D eigenvalue weighted by Crippen LogP contribution is -2.29. The summed E-state index contributed by atoms with van der Waals surface area (Å²) in [6.45, 7) is 13.1. The molecule has 0 aliphatic carbocycles. The summed E-state index contributed by atoms with van der Waals surface area (Å²) in [5.74, 6) is 2.32. The van der Waals surface area contributed by atoms with E-state index in [2.05, 4.69) is 126 Å². The standard InChI is InChI=1S/2C19H24O.C19H22O/c3*1-15(2)18(13-16-9-5-3-6-10-16)19(20)14-17-11-7-4-8-12-17/h2*3-12,15,18-20H,13-14H2,1-2H3;3-12,15,18H,13-14H2,1-2H3/t18-,19?;18-,19+;18-/m000/s1. The zero-order valence-corrected chi connectivity index (χ0v) is 37.0. The van der Waals surface area contributed by atoms with Crippen molar-refractivity contribution in [3.8, 4) is 0 Å². The zero-order valence-electron chi connectivity index (χ0n) is 37.0. The summed E-state index contributed by atoms with van der Waals surface area (Å²) in [6.07, 6.45) is 4.13. The summed E-state index contributed by atoms with van der Waals surface area (Å²) in [5, 5.41) is 21.2. The predicted octanol–water partition coefficient (Wildman–Crippen LogP) is 12.5. The van der Waals surface area contributed by atoms with Gasteiger partial charge in [0.1, 0.15) is 5.78 Å². The molecule has 0 saturated heterocycles. The molecule has 5 atom stereocenters. The second-order valence-electron chi connectivity index (χ2n) is 17.4. The Kier molecular flexibility index (Phi) is 20.8. The van der Waals surface area contributed by atoms with Gasteiger partial charge in [0.15, 0.2) is 0 Å². The third-order valence-corrected chi connectivity index (χ3v) is 11.6. The summed E-state index contributed by atoms with van der Waals surface area (Å²) >= 11 is 0. The van der Waals surface area contributed by atoms with Crippen molar-refractivity contribution in [2.45, 2.75) is 92.3 Å². The normalized spacial score (nSPS) is 13.6. The molecule has 60 heavy (non-hydrogen) atoms. The summed E-state index contributed by atoms with van der Waals surface area (Å²) in [7, 11) is 0. The first-order chi connectivity index (χ1) is 29.0. The van der Waals surface area contributed by atoms with Crippen LogP contribution in [0, 0.1) is 35.5 Å². The predicted molar refractivity (Wildman–Crippen MR) is 253 cm³/mol. The molecule has 0 radical (unpaired) electrons. The number of carbonyl (C=O) groups excluding carboxylic acids is 1. The molecular weight excluding hydrogens is 733 g/mol. The van der Waals surface area contributed by atoms with Crippen molar-refractivity contribution in [3.05, 3.63) is 215 Å². The number of Topliss-reactive ketones (excluding diaryl/α,β-unsaturated/α-hetero) is 1. The number of aliphatic hydroxyl groups is 2. The Bertz CT molecular complexity index is 1880. The lowest BCUT2D eigenvalue weighted by molar-refractivity contribution is -0.123. The van der Waals surface area contributed by atoms with Gasteiger partial charge in [-0.1, -0.05) is 224 Å². The number of aliphatic hydroxyl groups excluding tert-OH is 2. The first kappa shape index (κ1) is 47.6. The van der Waals surface area contributed by atoms with Gasteiger partial charge in [0.05, 0.1) is 12.2 Å². The molecule has 0 aliphatic rings. The number of hydrogen-bond donors (Lipinski definition) is 2. The maximum Gasteiger partial charge on any atom is 0.140 e. The summed E-state index contributed by atoms with van der Waals surface area (Å²) < 4.78 is 0. The molecule has 2 N–H and O–H groups in total. The molecule has 316 valence electrons. The van der Waals surface area contributed by atoms with E-state index < -0.39 is 0 Å². The highest BCUT2D eigenvalue weighted by atomic mass is 16.3. The Labute approximate surface area is 362 Å². The van der Waals surface area contributed by atoms with Gasteiger partial charge in [-0.2, -0.15) is 0 Å². The van der Waals surface area contributed by atoms with Crippen LogP contribution < -0.4 is 0 Å². The maximum atomic E-state index is 12.6. The second kappa shape index (κ2) is 26.2. The van der Waals surface area contributed by atoms with E-state index in [4.69, 9.17) is 0 Å². The Morgan fingerprint density at radius 3 is 0.867 bits per heavy atom. The molecule has 6 rings (SSSR count). The molecule has 3 nitrogen and oxygen atoms in total. The van der Waals surface area contributed by atoms with E-state index in [1.54, 1.807) is 0 Å². The van der Waals surface area contributed by atoms with Gasteiger partial charge < -0.3 is 10.2 Å². The van der Waals surface area contributed by atoms with Gasteiger partial charge in [-0.3, -0.25) is 4.79 Å². The lowest BCUT2D eigenvalue weighted by atomic mass is 9.82. The zero-order chi connectivity index (χ0) is 43.1. The van der Waals surface area contributed by atoms with Crippen LogP contribution in [-0.2, 0) is 43.3 Å². The molecule has 6 aromatic carbocycles. The van der Waals surface area contributed by atoms with E-state index in [1.807, 2.05) is 97.1 Å². The molecule has 1 unspecified atom stereocenters. The average molecular weight is 803 g/mol. The van der Waals surface area contributed by atoms with Gasteiger partial charge in [0.25, 0.3) is 0 Å². The van der Waals surface area contributed by atoms with E-state index in [9.17, 15) is 15.0 Å². The van der Waals surface area contributed by atoms with Crippen molar-refractivity contribution in [2.75, 3.05) is 0 Å². The second-order valence-corrected chi connectivity index (χ2v) is 17.4. The van der Waals surface area contributed by atoms with Crippen LogP contribution in [-0.4, -0.2) is 28.2 Å². The van der Waals surface area contributed by atoms with Crippen molar-refractivity contribution in [1.82, 2.24) is 0 Å². The summed E-state index contributed by atoms with van der Waals surface area (Å²) in [6, 6.07) is 61.7. The molecule has 0 aromatic heterocycles. The Morgan fingerprint density at radius 1 is 0.350 bits per heavy atom. The van der Waals surface area contributed by atoms with Crippen LogP contribution in [0.1, 0.15) is 74.9 Å². The van der Waals surface area contributed by atoms with Crippen molar-refractivity contribution < 1.29 is 15.0 Å². The first-order valence-electron chi connectivity index (χ1n) is 22.1. The highest BCUT2D eigenvalue weighted by molar-refractivity contribution is 5.83. The first-order valence-corrected chi connectivity index (χ1v) is 22.1. The van der Waals surface area contributed by atoms with Crippen LogP contribution >= 0.6 is 0 Å². The monoisotopic (exact) mass is 803 g/mol. The fourth-order valence-corrected chi connectivity index (χ4v) is 7.94. The van der Waals surface area contributed by atoms with E-state index >= 15 is 0 Å². The van der Waals surface area contributed by atoms with Crippen LogP contribution in [0.15, 0.2) is 182 Å². The molecule has 0 fully saturated rings. The molecule has 0 spiro atoms. The number of rotatable bonds is 18. The quantitative estimate of drug-likeness (QED) is 0.0910. The summed E-state index contributed by atoms with van der Waals surface area (Å²) in [5.41, 5.74) is 7.37. The third kappa shape index (κ3) is 17.3. The molecule has 3 heteroatoms. The van der Waals surface area contributed by atoms with Crippen LogP contribution in [0.25, 0.3) is 0 Å². The maximum absolute atomic E-state index is 12.6. The SMILES string of the molecule is CC(C)[C@H](Cc1ccccc1)C(=O)Cc1ccccc1.CC(C)[C@H](Cc1ccccc1)C(O)Cc1ccccc1.CC(C)[C@H](Cc1ccccc1)[C@H](O)Cc1ccccc1. The fourth-order valence-electron chi connectivity index (χ4n) is 7.94. The number of ketones is 1. The molecule has 0 aliphatic heterocycles. The smallest absolute Gasteiger partial charge is 0.140 e. The van der Waals surface area contributed by atoms with Crippen molar-refractivity contribution in [2.24, 2.45) is 35.5 Å². The molecule has 0 heterocycles. The number of hydrogen-bond acceptors (Lipinski definition) is 3. The van der Waals surface area contributed by atoms with Crippen molar-refractivity contribution in [3.63, 3.8) is 0 Å². The molecule has 0 saturated carbocycles. The van der Waals surface area contributed by atoms with E-state index in [0.717, 1.165) is 37.7 Å². The van der Waals surface area contributed by atoms with E-state index in [-0.39, 0.29) is 30.0 Å². The van der Waals surface area contributed by atoms with Crippen LogP contribution in [0.3, 0.4) is 0 Å². The third-order valence-electron chi connectivity index (χ3n) is 11.6. The topological polar surface area (TPSA) is 57.5 Å². The molecule has 0 bridgehead atoms. The van der Waals surface area contributed by atoms with Gasteiger partial charge in [0, 0.05) is 12.3 Å². The van der Waals surface area contributed by atoms with E-state index in [0.29, 0.717) is 30.0 Å². The Hall–Kier alpha value is -5.09. The fraction of sp³-hybridized carbons (Fsp3) is 0.351. The molecule has 0 amide bonds. The van der Waals surface area contributed by atoms with Crippen LogP contribution in [0.4, 0.5) is 0 Å².